The lowest BCUT2D eigenvalue weighted by molar-refractivity contribution is -0.116. The average molecular weight is 292 g/mol. The van der Waals surface area contributed by atoms with Crippen molar-refractivity contribution in [3.05, 3.63) is 42.0 Å². The van der Waals surface area contributed by atoms with Crippen molar-refractivity contribution in [2.75, 3.05) is 11.9 Å². The van der Waals surface area contributed by atoms with Crippen molar-refractivity contribution in [2.45, 2.75) is 25.8 Å². The van der Waals surface area contributed by atoms with Gasteiger partial charge in [0.2, 0.25) is 5.91 Å². The van der Waals surface area contributed by atoms with Crippen molar-refractivity contribution >= 4 is 11.6 Å². The van der Waals surface area contributed by atoms with Crippen molar-refractivity contribution in [1.82, 2.24) is 15.0 Å². The molecule has 0 saturated heterocycles. The molecular weight excluding hydrogens is 275 g/mol. The molecule has 6 nitrogen and oxygen atoms in total. The zero-order chi connectivity index (χ0) is 15.1. The molecule has 0 aliphatic carbocycles. The standard InChI is InChI=1S/C14H17FN4O2/c15-12-5-1-2-6-13(12)16-14(21)7-8-19-10-11(17-18-19)4-3-9-20/h1-2,5-6,10,20H,3-4,7-9H2,(H,16,21). The Balaban J connectivity index is 1.81. The fourth-order valence-electron chi connectivity index (χ4n) is 1.81. The quantitative estimate of drug-likeness (QED) is 0.807. The number of benzene rings is 1. The molecule has 2 N–H and O–H groups in total. The minimum absolute atomic E-state index is 0.109. The van der Waals surface area contributed by atoms with E-state index in [1.54, 1.807) is 23.0 Å². The second-order valence-electron chi connectivity index (χ2n) is 4.58. The van der Waals surface area contributed by atoms with Crippen LogP contribution in [0.3, 0.4) is 0 Å². The summed E-state index contributed by atoms with van der Waals surface area (Å²) in [6.07, 6.45) is 3.20. The van der Waals surface area contributed by atoms with E-state index < -0.39 is 5.82 Å². The number of carbonyl (C=O) groups is 1. The summed E-state index contributed by atoms with van der Waals surface area (Å²) >= 11 is 0. The van der Waals surface area contributed by atoms with E-state index in [1.165, 1.54) is 12.1 Å². The molecule has 0 saturated carbocycles. The molecule has 1 amide bonds. The van der Waals surface area contributed by atoms with Crippen molar-refractivity contribution < 1.29 is 14.3 Å². The Labute approximate surface area is 121 Å². The van der Waals surface area contributed by atoms with Crippen LogP contribution in [0.15, 0.2) is 30.5 Å². The third-order valence-corrected chi connectivity index (χ3v) is 2.89. The number of halogens is 1. The summed E-state index contributed by atoms with van der Waals surface area (Å²) in [7, 11) is 0. The van der Waals surface area contributed by atoms with Gasteiger partial charge in [-0.2, -0.15) is 0 Å². The zero-order valence-electron chi connectivity index (χ0n) is 11.5. The van der Waals surface area contributed by atoms with Crippen LogP contribution in [0.1, 0.15) is 18.5 Å². The summed E-state index contributed by atoms with van der Waals surface area (Å²) in [5.41, 5.74) is 0.947. The van der Waals surface area contributed by atoms with Crippen LogP contribution in [-0.4, -0.2) is 32.6 Å². The van der Waals surface area contributed by atoms with E-state index in [2.05, 4.69) is 15.6 Å². The molecule has 0 fully saturated rings. The van der Waals surface area contributed by atoms with E-state index >= 15 is 0 Å². The minimum Gasteiger partial charge on any atom is -0.396 e. The molecule has 2 aromatic rings. The molecular formula is C14H17FN4O2. The summed E-state index contributed by atoms with van der Waals surface area (Å²) in [6, 6.07) is 6.02. The molecule has 0 aliphatic rings. The predicted octanol–water partition coefficient (Wildman–Crippen LogP) is 1.37. The van der Waals surface area contributed by atoms with Crippen LogP contribution in [0.25, 0.3) is 0 Å². The highest BCUT2D eigenvalue weighted by molar-refractivity contribution is 5.90. The third-order valence-electron chi connectivity index (χ3n) is 2.89. The number of nitrogens with zero attached hydrogens (tertiary/aromatic N) is 3. The lowest BCUT2D eigenvalue weighted by atomic mass is 10.2. The van der Waals surface area contributed by atoms with E-state index in [4.69, 9.17) is 5.11 Å². The number of hydrogen-bond donors (Lipinski definition) is 2. The van der Waals surface area contributed by atoms with E-state index in [9.17, 15) is 9.18 Å². The van der Waals surface area contributed by atoms with Gasteiger partial charge in [0.15, 0.2) is 0 Å². The largest absolute Gasteiger partial charge is 0.396 e. The number of hydrogen-bond acceptors (Lipinski definition) is 4. The van der Waals surface area contributed by atoms with Crippen LogP contribution >= 0.6 is 0 Å². The molecule has 0 bridgehead atoms. The van der Waals surface area contributed by atoms with Crippen molar-refractivity contribution in [3.8, 4) is 0 Å². The number of anilines is 1. The Morgan fingerprint density at radius 1 is 1.38 bits per heavy atom. The first-order chi connectivity index (χ1) is 10.2. The van der Waals surface area contributed by atoms with Gasteiger partial charge in [-0.1, -0.05) is 17.3 Å². The van der Waals surface area contributed by atoms with Gasteiger partial charge >= 0.3 is 0 Å². The Hall–Kier alpha value is -2.28. The van der Waals surface area contributed by atoms with Crippen molar-refractivity contribution in [1.29, 1.82) is 0 Å². The number of nitrogens with one attached hydrogen (secondary N) is 1. The van der Waals surface area contributed by atoms with Crippen LogP contribution in [-0.2, 0) is 17.8 Å². The number of aliphatic hydroxyl groups excluding tert-OH is 1. The van der Waals surface area contributed by atoms with Gasteiger partial charge in [-0.05, 0) is 25.0 Å². The maximum absolute atomic E-state index is 13.4. The van der Waals surface area contributed by atoms with E-state index in [1.807, 2.05) is 0 Å². The molecule has 21 heavy (non-hydrogen) atoms. The lowest BCUT2D eigenvalue weighted by Crippen LogP contribution is -2.15. The molecule has 0 spiro atoms. The average Bonchev–Trinajstić information content (AvgIpc) is 2.93. The number of para-hydroxylation sites is 1. The number of amides is 1. The van der Waals surface area contributed by atoms with Gasteiger partial charge in [0.25, 0.3) is 0 Å². The molecule has 0 radical (unpaired) electrons. The maximum Gasteiger partial charge on any atom is 0.226 e. The van der Waals surface area contributed by atoms with Crippen molar-refractivity contribution in [3.63, 3.8) is 0 Å². The third kappa shape index (κ3) is 4.64. The summed E-state index contributed by atoms with van der Waals surface area (Å²) < 4.78 is 14.9. The van der Waals surface area contributed by atoms with E-state index in [0.29, 0.717) is 19.4 Å². The Kier molecular flexibility index (Phi) is 5.39. The minimum atomic E-state index is -0.460. The van der Waals surface area contributed by atoms with Gasteiger partial charge in [0.1, 0.15) is 5.82 Å². The lowest BCUT2D eigenvalue weighted by Gasteiger charge is -2.05. The Morgan fingerprint density at radius 2 is 2.19 bits per heavy atom. The molecule has 1 aromatic carbocycles. The SMILES string of the molecule is O=C(CCn1cc(CCCO)nn1)Nc1ccccc1F. The Bertz CT molecular complexity index is 600. The number of carbonyl (C=O) groups excluding carboxylic acids is 1. The molecule has 1 aromatic heterocycles. The first-order valence-corrected chi connectivity index (χ1v) is 6.73. The Morgan fingerprint density at radius 3 is 2.95 bits per heavy atom. The summed E-state index contributed by atoms with van der Waals surface area (Å²) in [6.45, 7) is 0.477. The highest BCUT2D eigenvalue weighted by Crippen LogP contribution is 2.12. The number of aryl methyl sites for hydroxylation is 2. The summed E-state index contributed by atoms with van der Waals surface area (Å²) in [5, 5.41) is 19.1. The van der Waals surface area contributed by atoms with Crippen LogP contribution in [0, 0.1) is 5.82 Å². The topological polar surface area (TPSA) is 80.0 Å². The van der Waals surface area contributed by atoms with Gasteiger partial charge in [0, 0.05) is 19.2 Å². The van der Waals surface area contributed by atoms with Gasteiger partial charge in [-0.3, -0.25) is 9.48 Å². The van der Waals surface area contributed by atoms with E-state index in [0.717, 1.165) is 5.69 Å². The monoisotopic (exact) mass is 292 g/mol. The molecule has 0 atom stereocenters. The number of aromatic nitrogens is 3. The van der Waals surface area contributed by atoms with E-state index in [-0.39, 0.29) is 24.6 Å². The normalized spacial score (nSPS) is 10.6. The van der Waals surface area contributed by atoms with Gasteiger partial charge < -0.3 is 10.4 Å². The summed E-state index contributed by atoms with van der Waals surface area (Å²) in [5.74, 6) is -0.745. The van der Waals surface area contributed by atoms with Crippen LogP contribution in [0.5, 0.6) is 0 Å². The summed E-state index contributed by atoms with van der Waals surface area (Å²) in [4.78, 5) is 11.7. The number of rotatable bonds is 7. The highest BCUT2D eigenvalue weighted by Gasteiger charge is 2.07. The first-order valence-electron chi connectivity index (χ1n) is 6.73. The fourth-order valence-corrected chi connectivity index (χ4v) is 1.81. The van der Waals surface area contributed by atoms with Gasteiger partial charge in [0.05, 0.1) is 17.9 Å². The van der Waals surface area contributed by atoms with Crippen molar-refractivity contribution in [2.24, 2.45) is 0 Å². The molecule has 1 heterocycles. The van der Waals surface area contributed by atoms with Gasteiger partial charge in [-0.15, -0.1) is 5.10 Å². The van der Waals surface area contributed by atoms with Crippen LogP contribution in [0.2, 0.25) is 0 Å². The number of aliphatic hydroxyl groups is 1. The molecule has 7 heteroatoms. The smallest absolute Gasteiger partial charge is 0.226 e. The fraction of sp³-hybridized carbons (Fsp3) is 0.357. The highest BCUT2D eigenvalue weighted by atomic mass is 19.1. The second kappa shape index (κ2) is 7.49. The van der Waals surface area contributed by atoms with Crippen LogP contribution in [0.4, 0.5) is 10.1 Å². The second-order valence-corrected chi connectivity index (χ2v) is 4.58. The molecule has 2 rings (SSSR count). The first kappa shape index (κ1) is 15.1. The van der Waals surface area contributed by atoms with Crippen LogP contribution < -0.4 is 5.32 Å². The molecule has 0 aliphatic heterocycles. The van der Waals surface area contributed by atoms with Gasteiger partial charge in [-0.25, -0.2) is 4.39 Å². The zero-order valence-corrected chi connectivity index (χ0v) is 11.5. The maximum atomic E-state index is 13.4. The molecule has 112 valence electrons. The molecule has 0 unspecified atom stereocenters. The predicted molar refractivity (Wildman–Crippen MR) is 75.1 cm³/mol.